The van der Waals surface area contributed by atoms with Gasteiger partial charge in [-0.05, 0) is 37.8 Å². The fraction of sp³-hybridized carbons (Fsp3) is 0.600. The highest BCUT2D eigenvalue weighted by Crippen LogP contribution is 2.35. The highest BCUT2D eigenvalue weighted by atomic mass is 28.4. The molecule has 0 N–H and O–H groups in total. The van der Waals surface area contributed by atoms with E-state index in [-0.39, 0.29) is 5.41 Å². The largest absolute Gasteiger partial charge is 0.392 e. The maximum atomic E-state index is 6.43. The number of hydrogen-bond donors (Lipinski definition) is 0. The molecule has 0 unspecified atom stereocenters. The highest BCUT2D eigenvalue weighted by Gasteiger charge is 2.46. The first kappa shape index (κ1) is 19.4. The van der Waals surface area contributed by atoms with Gasteiger partial charge < -0.3 is 13.6 Å². The van der Waals surface area contributed by atoms with E-state index in [4.69, 9.17) is 13.6 Å². The van der Waals surface area contributed by atoms with Crippen molar-refractivity contribution < 1.29 is 13.6 Å². The van der Waals surface area contributed by atoms with Crippen molar-refractivity contribution in [1.29, 1.82) is 0 Å². The van der Waals surface area contributed by atoms with Gasteiger partial charge in [0.05, 0.1) is 12.8 Å². The molecule has 4 heteroatoms. The van der Waals surface area contributed by atoms with E-state index in [1.54, 1.807) is 0 Å². The number of benzene rings is 1. The van der Waals surface area contributed by atoms with Crippen LogP contribution in [0.15, 0.2) is 42.5 Å². The van der Waals surface area contributed by atoms with Crippen molar-refractivity contribution in [1.82, 2.24) is 0 Å². The Bertz CT molecular complexity index is 501. The van der Waals surface area contributed by atoms with Crippen LogP contribution in [0.2, 0.25) is 6.04 Å². The van der Waals surface area contributed by atoms with Gasteiger partial charge in [-0.2, -0.15) is 0 Å². The Morgan fingerprint density at radius 2 is 1.79 bits per heavy atom. The molecule has 0 radical (unpaired) electrons. The molecule has 1 aromatic carbocycles. The summed E-state index contributed by atoms with van der Waals surface area (Å²) in [5.41, 5.74) is 2.55. The van der Waals surface area contributed by atoms with Gasteiger partial charge in [0.25, 0.3) is 0 Å². The van der Waals surface area contributed by atoms with E-state index in [1.807, 2.05) is 6.92 Å². The monoisotopic (exact) mass is 348 g/mol. The summed E-state index contributed by atoms with van der Waals surface area (Å²) in [6, 6.07) is 11.5. The van der Waals surface area contributed by atoms with Crippen LogP contribution in [0, 0.1) is 5.41 Å². The van der Waals surface area contributed by atoms with Gasteiger partial charge in [-0.1, -0.05) is 56.3 Å². The Morgan fingerprint density at radius 1 is 1.17 bits per heavy atom. The second kappa shape index (κ2) is 8.95. The molecule has 0 amide bonds. The Balaban J connectivity index is 2.01. The third-order valence-corrected chi connectivity index (χ3v) is 8.09. The van der Waals surface area contributed by atoms with E-state index >= 15 is 0 Å². The quantitative estimate of drug-likeness (QED) is 0.480. The predicted molar refractivity (Wildman–Crippen MR) is 101 cm³/mol. The number of rotatable bonds is 9. The molecule has 1 heterocycles. The SMILES string of the molecule is C=C(C)COC[Si]1(CCc2ccccc2)OCC(CC)(CC)CO1. The summed E-state index contributed by atoms with van der Waals surface area (Å²) in [4.78, 5) is 0. The van der Waals surface area contributed by atoms with Crippen LogP contribution in [0.5, 0.6) is 0 Å². The molecule has 0 bridgehead atoms. The standard InChI is InChI=1S/C20H32O3Si/c1-5-20(6-2)15-22-24(23-16-20,17-21-14-18(3)4)13-12-19-10-8-7-9-11-19/h7-11H,3,5-6,12-17H2,1-2,4H3. The van der Waals surface area contributed by atoms with Crippen LogP contribution in [0.1, 0.15) is 39.2 Å². The first-order valence-corrected chi connectivity index (χ1v) is 11.3. The van der Waals surface area contributed by atoms with Gasteiger partial charge in [-0.3, -0.25) is 0 Å². The van der Waals surface area contributed by atoms with Crippen LogP contribution in [0.4, 0.5) is 0 Å². The van der Waals surface area contributed by atoms with Crippen LogP contribution in [-0.4, -0.2) is 34.6 Å². The van der Waals surface area contributed by atoms with E-state index in [9.17, 15) is 0 Å². The lowest BCUT2D eigenvalue weighted by Crippen LogP contribution is -2.56. The molecule has 1 aromatic rings. The van der Waals surface area contributed by atoms with Crippen molar-refractivity contribution >= 4 is 8.56 Å². The summed E-state index contributed by atoms with van der Waals surface area (Å²) in [6.45, 7) is 12.5. The first-order chi connectivity index (χ1) is 11.5. The predicted octanol–water partition coefficient (Wildman–Crippen LogP) is 4.66. The number of hydrogen-bond acceptors (Lipinski definition) is 3. The molecule has 1 fully saturated rings. The van der Waals surface area contributed by atoms with Crippen molar-refractivity contribution in [2.75, 3.05) is 26.1 Å². The van der Waals surface area contributed by atoms with E-state index < -0.39 is 8.56 Å². The lowest BCUT2D eigenvalue weighted by atomic mass is 9.84. The third-order valence-electron chi connectivity index (χ3n) is 5.09. The van der Waals surface area contributed by atoms with E-state index in [2.05, 4.69) is 50.8 Å². The van der Waals surface area contributed by atoms with Crippen LogP contribution >= 0.6 is 0 Å². The summed E-state index contributed by atoms with van der Waals surface area (Å²) in [5.74, 6) is 0. The maximum Gasteiger partial charge on any atom is 0.365 e. The molecule has 1 aliphatic rings. The Morgan fingerprint density at radius 3 is 2.33 bits per heavy atom. The third kappa shape index (κ3) is 5.28. The molecule has 1 aliphatic heterocycles. The van der Waals surface area contributed by atoms with Crippen LogP contribution in [0.25, 0.3) is 0 Å². The van der Waals surface area contributed by atoms with E-state index in [1.165, 1.54) is 5.56 Å². The van der Waals surface area contributed by atoms with Crippen LogP contribution in [0.3, 0.4) is 0 Å². The summed E-state index contributed by atoms with van der Waals surface area (Å²) in [7, 11) is -2.32. The zero-order valence-electron chi connectivity index (χ0n) is 15.5. The molecule has 3 nitrogen and oxygen atoms in total. The van der Waals surface area contributed by atoms with Crippen LogP contribution < -0.4 is 0 Å². The topological polar surface area (TPSA) is 27.7 Å². The molecule has 24 heavy (non-hydrogen) atoms. The second-order valence-electron chi connectivity index (χ2n) is 7.13. The van der Waals surface area contributed by atoms with Gasteiger partial charge in [0.2, 0.25) is 0 Å². The van der Waals surface area contributed by atoms with Crippen molar-refractivity contribution in [2.45, 2.75) is 46.1 Å². The molecule has 2 rings (SSSR count). The average Bonchev–Trinajstić information content (AvgIpc) is 2.62. The molecule has 0 aliphatic carbocycles. The molecule has 0 aromatic heterocycles. The van der Waals surface area contributed by atoms with Gasteiger partial charge >= 0.3 is 8.56 Å². The zero-order chi connectivity index (χ0) is 17.5. The van der Waals surface area contributed by atoms with Gasteiger partial charge in [-0.15, -0.1) is 0 Å². The summed E-state index contributed by atoms with van der Waals surface area (Å²) in [6.07, 6.45) is 3.77. The lowest BCUT2D eigenvalue weighted by molar-refractivity contribution is -0.0276. The molecule has 0 spiro atoms. The smallest absolute Gasteiger partial charge is 0.365 e. The summed E-state index contributed by atoms with van der Waals surface area (Å²) < 4.78 is 18.7. The summed E-state index contributed by atoms with van der Waals surface area (Å²) >= 11 is 0. The maximum absolute atomic E-state index is 6.43. The summed E-state index contributed by atoms with van der Waals surface area (Å²) in [5, 5.41) is 0. The van der Waals surface area contributed by atoms with Gasteiger partial charge in [0.1, 0.15) is 0 Å². The van der Waals surface area contributed by atoms with Gasteiger partial charge in [-0.25, -0.2) is 0 Å². The van der Waals surface area contributed by atoms with E-state index in [0.29, 0.717) is 12.8 Å². The molecular weight excluding hydrogens is 316 g/mol. The molecule has 0 saturated carbocycles. The van der Waals surface area contributed by atoms with Gasteiger partial charge in [0.15, 0.2) is 0 Å². The molecular formula is C20H32O3Si. The Hall–Kier alpha value is -0.943. The molecule has 0 atom stereocenters. The minimum Gasteiger partial charge on any atom is -0.392 e. The van der Waals surface area contributed by atoms with Crippen molar-refractivity contribution in [3.63, 3.8) is 0 Å². The van der Waals surface area contributed by atoms with Gasteiger partial charge in [0, 0.05) is 18.6 Å². The second-order valence-corrected chi connectivity index (χ2v) is 10.3. The zero-order valence-corrected chi connectivity index (χ0v) is 16.5. The Kier molecular flexibility index (Phi) is 7.23. The van der Waals surface area contributed by atoms with Crippen molar-refractivity contribution in [3.05, 3.63) is 48.0 Å². The molecule has 134 valence electrons. The number of aryl methyl sites for hydroxylation is 1. The minimum atomic E-state index is -2.32. The normalized spacial score (nSPS) is 19.1. The van der Waals surface area contributed by atoms with E-state index in [0.717, 1.165) is 44.1 Å². The lowest BCUT2D eigenvalue weighted by Gasteiger charge is -2.44. The fourth-order valence-corrected chi connectivity index (χ4v) is 5.88. The van der Waals surface area contributed by atoms with Crippen LogP contribution in [-0.2, 0) is 20.0 Å². The average molecular weight is 349 g/mol. The first-order valence-electron chi connectivity index (χ1n) is 9.07. The highest BCUT2D eigenvalue weighted by molar-refractivity contribution is 6.67. The van der Waals surface area contributed by atoms with Crippen molar-refractivity contribution in [2.24, 2.45) is 5.41 Å². The minimum absolute atomic E-state index is 0.178. The fourth-order valence-electron chi connectivity index (χ4n) is 2.97. The van der Waals surface area contributed by atoms with Crippen molar-refractivity contribution in [3.8, 4) is 0 Å². The number of ether oxygens (including phenoxy) is 1. The Labute approximate surface area is 148 Å². The molecule has 1 saturated heterocycles.